The van der Waals surface area contributed by atoms with Crippen molar-refractivity contribution in [2.75, 3.05) is 5.73 Å². The standard InChI is InChI=1S/C14H15NO3S/c1-8-4-3-5-12(13(8)15)19-7-10-6-11(14(16)17)18-9(10)2/h3-6H,7,15H2,1-2H3,(H,16,17). The van der Waals surface area contributed by atoms with E-state index < -0.39 is 5.97 Å². The van der Waals surface area contributed by atoms with Gasteiger partial charge in [0.1, 0.15) is 5.76 Å². The molecule has 0 spiro atoms. The van der Waals surface area contributed by atoms with Crippen LogP contribution in [0.5, 0.6) is 0 Å². The lowest BCUT2D eigenvalue weighted by molar-refractivity contribution is 0.0661. The Bertz CT molecular complexity index is 619. The highest BCUT2D eigenvalue weighted by molar-refractivity contribution is 7.98. The summed E-state index contributed by atoms with van der Waals surface area (Å²) in [7, 11) is 0. The molecule has 0 aliphatic rings. The number of aryl methyl sites for hydroxylation is 2. The number of aromatic carboxylic acids is 1. The molecule has 3 N–H and O–H groups in total. The number of nitrogen functional groups attached to an aromatic ring is 1. The Hall–Kier alpha value is -1.88. The van der Waals surface area contributed by atoms with Gasteiger partial charge in [-0.15, -0.1) is 11.8 Å². The lowest BCUT2D eigenvalue weighted by Gasteiger charge is -2.07. The Morgan fingerprint density at radius 2 is 2.16 bits per heavy atom. The van der Waals surface area contributed by atoms with Crippen molar-refractivity contribution in [3.63, 3.8) is 0 Å². The molecule has 0 saturated heterocycles. The van der Waals surface area contributed by atoms with Gasteiger partial charge in [0.2, 0.25) is 5.76 Å². The predicted octanol–water partition coefficient (Wildman–Crippen LogP) is 3.47. The minimum Gasteiger partial charge on any atom is -0.475 e. The van der Waals surface area contributed by atoms with Crippen molar-refractivity contribution >= 4 is 23.4 Å². The number of hydrogen-bond acceptors (Lipinski definition) is 4. The number of furan rings is 1. The first-order valence-electron chi connectivity index (χ1n) is 5.79. The molecule has 0 unspecified atom stereocenters. The van der Waals surface area contributed by atoms with Gasteiger partial charge in [-0.1, -0.05) is 12.1 Å². The molecule has 1 aromatic heterocycles. The van der Waals surface area contributed by atoms with E-state index in [1.807, 2.05) is 25.1 Å². The maximum Gasteiger partial charge on any atom is 0.371 e. The zero-order chi connectivity index (χ0) is 14.0. The third-order valence-electron chi connectivity index (χ3n) is 2.90. The van der Waals surface area contributed by atoms with Crippen LogP contribution in [-0.4, -0.2) is 11.1 Å². The van der Waals surface area contributed by atoms with Gasteiger partial charge in [-0.2, -0.15) is 0 Å². The van der Waals surface area contributed by atoms with E-state index in [4.69, 9.17) is 15.3 Å². The number of carbonyl (C=O) groups is 1. The summed E-state index contributed by atoms with van der Waals surface area (Å²) in [6.07, 6.45) is 0. The van der Waals surface area contributed by atoms with Crippen molar-refractivity contribution in [2.45, 2.75) is 24.5 Å². The van der Waals surface area contributed by atoms with Gasteiger partial charge >= 0.3 is 5.97 Å². The van der Waals surface area contributed by atoms with Crippen LogP contribution in [0.1, 0.15) is 27.4 Å². The van der Waals surface area contributed by atoms with Gasteiger partial charge in [0.05, 0.1) is 0 Å². The molecule has 2 aromatic rings. The zero-order valence-electron chi connectivity index (χ0n) is 10.8. The van der Waals surface area contributed by atoms with Crippen molar-refractivity contribution in [1.29, 1.82) is 0 Å². The summed E-state index contributed by atoms with van der Waals surface area (Å²) in [6, 6.07) is 7.45. The van der Waals surface area contributed by atoms with Crippen molar-refractivity contribution in [3.05, 3.63) is 46.9 Å². The summed E-state index contributed by atoms with van der Waals surface area (Å²) in [5.74, 6) is 0.201. The summed E-state index contributed by atoms with van der Waals surface area (Å²) in [4.78, 5) is 11.8. The van der Waals surface area contributed by atoms with E-state index in [1.165, 1.54) is 0 Å². The molecule has 5 heteroatoms. The van der Waals surface area contributed by atoms with Crippen LogP contribution in [0, 0.1) is 13.8 Å². The number of benzene rings is 1. The first-order chi connectivity index (χ1) is 8.99. The molecule has 0 saturated carbocycles. The van der Waals surface area contributed by atoms with Gasteiger partial charge in [0.15, 0.2) is 0 Å². The second-order valence-corrected chi connectivity index (χ2v) is 5.29. The van der Waals surface area contributed by atoms with Gasteiger partial charge in [-0.3, -0.25) is 0 Å². The van der Waals surface area contributed by atoms with E-state index >= 15 is 0 Å². The highest BCUT2D eigenvalue weighted by Crippen LogP contribution is 2.31. The molecule has 0 fully saturated rings. The van der Waals surface area contributed by atoms with Gasteiger partial charge in [-0.05, 0) is 31.5 Å². The third-order valence-corrected chi connectivity index (χ3v) is 4.02. The summed E-state index contributed by atoms with van der Waals surface area (Å²) >= 11 is 1.58. The molecule has 100 valence electrons. The van der Waals surface area contributed by atoms with Crippen LogP contribution in [-0.2, 0) is 5.75 Å². The van der Waals surface area contributed by atoms with E-state index in [0.29, 0.717) is 11.5 Å². The molecule has 0 aliphatic carbocycles. The number of carboxylic acids is 1. The summed E-state index contributed by atoms with van der Waals surface area (Å²) in [5, 5.41) is 8.87. The Morgan fingerprint density at radius 3 is 2.79 bits per heavy atom. The molecule has 0 aliphatic heterocycles. The van der Waals surface area contributed by atoms with Gasteiger partial charge < -0.3 is 15.3 Å². The molecule has 2 rings (SSSR count). The summed E-state index contributed by atoms with van der Waals surface area (Å²) < 4.78 is 5.17. The quantitative estimate of drug-likeness (QED) is 0.661. The molecular weight excluding hydrogens is 262 g/mol. The summed E-state index contributed by atoms with van der Waals surface area (Å²) in [6.45, 7) is 3.73. The number of carboxylic acid groups (broad SMARTS) is 1. The van der Waals surface area contributed by atoms with E-state index in [-0.39, 0.29) is 5.76 Å². The molecule has 19 heavy (non-hydrogen) atoms. The molecule has 4 nitrogen and oxygen atoms in total. The number of hydrogen-bond donors (Lipinski definition) is 2. The lowest BCUT2D eigenvalue weighted by atomic mass is 10.2. The molecule has 1 aromatic carbocycles. The van der Waals surface area contributed by atoms with E-state index in [9.17, 15) is 4.79 Å². The normalized spacial score (nSPS) is 10.6. The fraction of sp³-hybridized carbons (Fsp3) is 0.214. The number of thioether (sulfide) groups is 1. The minimum atomic E-state index is -1.05. The average molecular weight is 277 g/mol. The highest BCUT2D eigenvalue weighted by atomic mass is 32.2. The van der Waals surface area contributed by atoms with Crippen molar-refractivity contribution < 1.29 is 14.3 Å². The van der Waals surface area contributed by atoms with Crippen LogP contribution in [0.3, 0.4) is 0 Å². The van der Waals surface area contributed by atoms with Crippen molar-refractivity contribution in [2.24, 2.45) is 0 Å². The van der Waals surface area contributed by atoms with Crippen LogP contribution in [0.2, 0.25) is 0 Å². The van der Waals surface area contributed by atoms with Gasteiger partial charge in [0, 0.05) is 21.9 Å². The summed E-state index contributed by atoms with van der Waals surface area (Å²) in [5.41, 5.74) is 8.69. The Labute approximate surface area is 115 Å². The molecule has 0 amide bonds. The Morgan fingerprint density at radius 1 is 1.42 bits per heavy atom. The van der Waals surface area contributed by atoms with Crippen LogP contribution in [0.4, 0.5) is 5.69 Å². The molecule has 0 bridgehead atoms. The zero-order valence-corrected chi connectivity index (χ0v) is 11.6. The highest BCUT2D eigenvalue weighted by Gasteiger charge is 2.13. The van der Waals surface area contributed by atoms with Crippen molar-refractivity contribution in [3.8, 4) is 0 Å². The SMILES string of the molecule is Cc1cccc(SCc2cc(C(=O)O)oc2C)c1N. The maximum absolute atomic E-state index is 10.8. The fourth-order valence-corrected chi connectivity index (χ4v) is 2.79. The Balaban J connectivity index is 2.14. The number of nitrogens with two attached hydrogens (primary N) is 1. The first kappa shape index (κ1) is 13.5. The van der Waals surface area contributed by atoms with Gasteiger partial charge in [-0.25, -0.2) is 4.79 Å². The molecule has 1 heterocycles. The van der Waals surface area contributed by atoms with Crippen LogP contribution >= 0.6 is 11.8 Å². The molecule has 0 radical (unpaired) electrons. The second-order valence-electron chi connectivity index (χ2n) is 4.27. The maximum atomic E-state index is 10.8. The van der Waals surface area contributed by atoms with Crippen LogP contribution in [0.15, 0.2) is 33.6 Å². The van der Waals surface area contributed by atoms with Crippen LogP contribution in [0.25, 0.3) is 0 Å². The number of anilines is 1. The second kappa shape index (κ2) is 5.40. The number of rotatable bonds is 4. The Kier molecular flexibility index (Phi) is 3.85. The molecule has 0 atom stereocenters. The topological polar surface area (TPSA) is 76.5 Å². The van der Waals surface area contributed by atoms with E-state index in [2.05, 4.69) is 0 Å². The minimum absolute atomic E-state index is 0.0229. The average Bonchev–Trinajstić information content (AvgIpc) is 2.73. The monoisotopic (exact) mass is 277 g/mol. The number of para-hydroxylation sites is 1. The first-order valence-corrected chi connectivity index (χ1v) is 6.78. The van der Waals surface area contributed by atoms with Crippen molar-refractivity contribution in [1.82, 2.24) is 0 Å². The van der Waals surface area contributed by atoms with Crippen LogP contribution < -0.4 is 5.73 Å². The fourth-order valence-electron chi connectivity index (χ4n) is 1.70. The third kappa shape index (κ3) is 2.93. The van der Waals surface area contributed by atoms with E-state index in [0.717, 1.165) is 21.7 Å². The molecular formula is C14H15NO3S. The predicted molar refractivity (Wildman–Crippen MR) is 75.6 cm³/mol. The smallest absolute Gasteiger partial charge is 0.371 e. The van der Waals surface area contributed by atoms with Gasteiger partial charge in [0.25, 0.3) is 0 Å². The largest absolute Gasteiger partial charge is 0.475 e. The van der Waals surface area contributed by atoms with E-state index in [1.54, 1.807) is 24.8 Å². The lowest BCUT2D eigenvalue weighted by Crippen LogP contribution is -1.93.